The minimum absolute atomic E-state index is 0.403. The van der Waals surface area contributed by atoms with Crippen molar-refractivity contribution in [3.63, 3.8) is 0 Å². The van der Waals surface area contributed by atoms with Gasteiger partial charge in [-0.15, -0.1) is 0 Å². The van der Waals surface area contributed by atoms with Crippen LogP contribution in [0.4, 0.5) is 0 Å². The minimum Gasteiger partial charge on any atom is -0.207 e. The zero-order valence-corrected chi connectivity index (χ0v) is 14.5. The number of unbranched alkanes of at least 4 members (excludes halogenated alkanes) is 4. The van der Waals surface area contributed by atoms with E-state index in [0.717, 1.165) is 25.7 Å². The Morgan fingerprint density at radius 2 is 1.48 bits per heavy atom. The van der Waals surface area contributed by atoms with Crippen LogP contribution < -0.4 is 0 Å². The van der Waals surface area contributed by atoms with Crippen LogP contribution in [-0.2, 0) is 16.4 Å². The molecule has 120 valence electrons. The summed E-state index contributed by atoms with van der Waals surface area (Å²) < 4.78 is 26.3. The molecule has 0 saturated heterocycles. The summed E-state index contributed by atoms with van der Waals surface area (Å²) in [5.41, 5.74) is 1.22. The van der Waals surface area contributed by atoms with Crippen molar-refractivity contribution in [2.75, 3.05) is 13.6 Å². The van der Waals surface area contributed by atoms with Crippen LogP contribution in [0.3, 0.4) is 0 Å². The Morgan fingerprint density at radius 3 is 2.05 bits per heavy atom. The van der Waals surface area contributed by atoms with E-state index in [2.05, 4.69) is 13.8 Å². The second-order valence-electron chi connectivity index (χ2n) is 5.63. The molecule has 0 fully saturated rings. The maximum Gasteiger partial charge on any atom is 0.242 e. The molecular formula is C17H29NO2S. The number of hydrogen-bond acceptors (Lipinski definition) is 2. The quantitative estimate of drug-likeness (QED) is 0.606. The van der Waals surface area contributed by atoms with E-state index in [0.29, 0.717) is 11.4 Å². The molecule has 4 heteroatoms. The summed E-state index contributed by atoms with van der Waals surface area (Å²) in [6.45, 7) is 4.89. The fourth-order valence-electron chi connectivity index (χ4n) is 2.29. The summed E-state index contributed by atoms with van der Waals surface area (Å²) >= 11 is 0. The van der Waals surface area contributed by atoms with Gasteiger partial charge in [0.25, 0.3) is 0 Å². The van der Waals surface area contributed by atoms with Crippen LogP contribution in [0.1, 0.15) is 57.9 Å². The number of sulfonamides is 1. The molecule has 1 aromatic carbocycles. The van der Waals surface area contributed by atoms with Crippen molar-refractivity contribution in [3.8, 4) is 0 Å². The molecule has 0 saturated carbocycles. The van der Waals surface area contributed by atoms with Crippen molar-refractivity contribution in [2.24, 2.45) is 0 Å². The third kappa shape index (κ3) is 5.79. The zero-order valence-electron chi connectivity index (χ0n) is 13.6. The first-order chi connectivity index (χ1) is 10.0. The lowest BCUT2D eigenvalue weighted by Crippen LogP contribution is -2.27. The Bertz CT molecular complexity index is 494. The smallest absolute Gasteiger partial charge is 0.207 e. The average Bonchev–Trinajstić information content (AvgIpc) is 2.48. The summed E-state index contributed by atoms with van der Waals surface area (Å²) in [5, 5.41) is 0. The van der Waals surface area contributed by atoms with E-state index in [1.165, 1.54) is 29.1 Å². The number of benzene rings is 1. The lowest BCUT2D eigenvalue weighted by atomic mass is 10.1. The summed E-state index contributed by atoms with van der Waals surface area (Å²) in [7, 11) is -1.66. The molecule has 0 aliphatic rings. The second kappa shape index (κ2) is 9.21. The van der Waals surface area contributed by atoms with Crippen LogP contribution in [0.5, 0.6) is 0 Å². The highest BCUT2D eigenvalue weighted by Crippen LogP contribution is 2.17. The Labute approximate surface area is 130 Å². The Kier molecular flexibility index (Phi) is 7.97. The van der Waals surface area contributed by atoms with Gasteiger partial charge in [0.2, 0.25) is 10.0 Å². The topological polar surface area (TPSA) is 37.4 Å². The third-order valence-electron chi connectivity index (χ3n) is 3.78. The molecule has 1 aromatic rings. The minimum atomic E-state index is -3.33. The van der Waals surface area contributed by atoms with Crippen molar-refractivity contribution in [1.82, 2.24) is 4.31 Å². The van der Waals surface area contributed by atoms with E-state index in [1.54, 1.807) is 19.2 Å². The van der Waals surface area contributed by atoms with E-state index in [4.69, 9.17) is 0 Å². The van der Waals surface area contributed by atoms with Gasteiger partial charge in [-0.2, -0.15) is 0 Å². The lowest BCUT2D eigenvalue weighted by molar-refractivity contribution is 0.454. The largest absolute Gasteiger partial charge is 0.242 e. The van der Waals surface area contributed by atoms with Crippen LogP contribution in [0.2, 0.25) is 0 Å². The molecule has 21 heavy (non-hydrogen) atoms. The first-order valence-corrected chi connectivity index (χ1v) is 9.51. The van der Waals surface area contributed by atoms with Crippen molar-refractivity contribution in [3.05, 3.63) is 29.8 Å². The third-order valence-corrected chi connectivity index (χ3v) is 5.65. The van der Waals surface area contributed by atoms with Crippen LogP contribution in [0.15, 0.2) is 29.2 Å². The van der Waals surface area contributed by atoms with E-state index in [1.807, 2.05) is 12.1 Å². The van der Waals surface area contributed by atoms with E-state index < -0.39 is 10.0 Å². The predicted octanol–water partition coefficient (Wildman–Crippen LogP) is 4.23. The fraction of sp³-hybridized carbons (Fsp3) is 0.647. The van der Waals surface area contributed by atoms with E-state index in [9.17, 15) is 8.42 Å². The van der Waals surface area contributed by atoms with Crippen molar-refractivity contribution in [1.29, 1.82) is 0 Å². The molecule has 0 bridgehead atoms. The fourth-order valence-corrected chi connectivity index (χ4v) is 3.50. The summed E-state index contributed by atoms with van der Waals surface area (Å²) in [5.74, 6) is 0. The molecule has 0 amide bonds. The Hall–Kier alpha value is -0.870. The molecule has 0 aliphatic heterocycles. The SMILES string of the molecule is CCCCCc1ccc(S(=O)(=O)N(C)CCCCC)cc1. The maximum atomic E-state index is 12.4. The zero-order chi connectivity index (χ0) is 15.7. The molecule has 3 nitrogen and oxygen atoms in total. The number of hydrogen-bond donors (Lipinski definition) is 0. The lowest BCUT2D eigenvalue weighted by Gasteiger charge is -2.17. The molecule has 0 unspecified atom stereocenters. The first-order valence-electron chi connectivity index (χ1n) is 8.07. The summed E-state index contributed by atoms with van der Waals surface area (Å²) in [6.07, 6.45) is 7.70. The van der Waals surface area contributed by atoms with Crippen LogP contribution >= 0.6 is 0 Å². The monoisotopic (exact) mass is 311 g/mol. The average molecular weight is 311 g/mol. The molecule has 0 aliphatic carbocycles. The van der Waals surface area contributed by atoms with E-state index in [-0.39, 0.29) is 0 Å². The number of rotatable bonds is 10. The van der Waals surface area contributed by atoms with Gasteiger partial charge in [0, 0.05) is 13.6 Å². The van der Waals surface area contributed by atoms with Gasteiger partial charge >= 0.3 is 0 Å². The Morgan fingerprint density at radius 1 is 0.905 bits per heavy atom. The molecule has 1 rings (SSSR count). The molecule has 0 atom stereocenters. The molecule has 0 spiro atoms. The van der Waals surface area contributed by atoms with Gasteiger partial charge < -0.3 is 0 Å². The highest BCUT2D eigenvalue weighted by Gasteiger charge is 2.19. The standard InChI is InChI=1S/C17H29NO2S/c1-4-6-8-10-16-11-13-17(14-12-16)21(19,20)18(3)15-9-7-5-2/h11-14H,4-10,15H2,1-3H3. The normalized spacial score (nSPS) is 12.0. The maximum absolute atomic E-state index is 12.4. The molecule has 0 aromatic heterocycles. The van der Waals surface area contributed by atoms with Crippen LogP contribution in [-0.4, -0.2) is 26.3 Å². The van der Waals surface area contributed by atoms with E-state index >= 15 is 0 Å². The second-order valence-corrected chi connectivity index (χ2v) is 7.68. The highest BCUT2D eigenvalue weighted by molar-refractivity contribution is 7.89. The molecular weight excluding hydrogens is 282 g/mol. The highest BCUT2D eigenvalue weighted by atomic mass is 32.2. The summed E-state index contributed by atoms with van der Waals surface area (Å²) in [4.78, 5) is 0.403. The Balaban J connectivity index is 2.66. The van der Waals surface area contributed by atoms with Crippen LogP contribution in [0, 0.1) is 0 Å². The van der Waals surface area contributed by atoms with Gasteiger partial charge in [0.15, 0.2) is 0 Å². The van der Waals surface area contributed by atoms with Gasteiger partial charge in [-0.3, -0.25) is 0 Å². The van der Waals surface area contributed by atoms with Gasteiger partial charge in [-0.1, -0.05) is 51.7 Å². The predicted molar refractivity (Wildman–Crippen MR) is 89.0 cm³/mol. The van der Waals surface area contributed by atoms with Gasteiger partial charge in [-0.25, -0.2) is 12.7 Å². The first kappa shape index (κ1) is 18.2. The van der Waals surface area contributed by atoms with Crippen molar-refractivity contribution < 1.29 is 8.42 Å². The number of aryl methyl sites for hydroxylation is 1. The molecule has 0 radical (unpaired) electrons. The van der Waals surface area contributed by atoms with Gasteiger partial charge in [-0.05, 0) is 37.0 Å². The van der Waals surface area contributed by atoms with Crippen LogP contribution in [0.25, 0.3) is 0 Å². The summed E-state index contributed by atoms with van der Waals surface area (Å²) in [6, 6.07) is 7.38. The van der Waals surface area contributed by atoms with Gasteiger partial charge in [0.1, 0.15) is 0 Å². The van der Waals surface area contributed by atoms with Gasteiger partial charge in [0.05, 0.1) is 4.90 Å². The molecule has 0 heterocycles. The van der Waals surface area contributed by atoms with Crippen molar-refractivity contribution >= 4 is 10.0 Å². The van der Waals surface area contributed by atoms with Crippen molar-refractivity contribution in [2.45, 2.75) is 63.7 Å². The molecule has 0 N–H and O–H groups in total. The number of nitrogens with zero attached hydrogens (tertiary/aromatic N) is 1.